The number of unbranched alkanes of at least 4 members (excludes halogenated alkanes) is 2. The average Bonchev–Trinajstić information content (AvgIpc) is 2.14. The van der Waals surface area contributed by atoms with Crippen LogP contribution in [0.5, 0.6) is 0 Å². The predicted molar refractivity (Wildman–Crippen MR) is 51.6 cm³/mol. The number of rotatable bonds is 8. The number of hydrogen-bond donors (Lipinski definition) is 0. The molecule has 0 aromatic rings. The molecule has 3 nitrogen and oxygen atoms in total. The van der Waals surface area contributed by atoms with Crippen molar-refractivity contribution in [2.45, 2.75) is 39.0 Å². The van der Waals surface area contributed by atoms with Gasteiger partial charge in [-0.15, -0.1) is 0 Å². The third kappa shape index (κ3) is 9.34. The van der Waals surface area contributed by atoms with E-state index in [-0.39, 0.29) is 5.97 Å². The number of methoxy groups -OCH3 is 1. The maximum atomic E-state index is 11.0. The molecule has 3 heteroatoms. The number of carbonyl (C=O) groups is 1. The first-order valence-electron chi connectivity index (χ1n) is 4.95. The van der Waals surface area contributed by atoms with Crippen molar-refractivity contribution in [1.29, 1.82) is 0 Å². The molecule has 0 spiro atoms. The fraction of sp³-hybridized carbons (Fsp3) is 0.900. The molecule has 0 N–H and O–H groups in total. The molecule has 0 bridgehead atoms. The summed E-state index contributed by atoms with van der Waals surface area (Å²) in [4.78, 5) is 11.0. The molecule has 0 amide bonds. The lowest BCUT2D eigenvalue weighted by atomic mass is 10.2. The van der Waals surface area contributed by atoms with E-state index in [1.807, 2.05) is 6.92 Å². The van der Waals surface area contributed by atoms with E-state index < -0.39 is 0 Å². The Morgan fingerprint density at radius 1 is 1.15 bits per heavy atom. The van der Waals surface area contributed by atoms with Crippen molar-refractivity contribution in [3.8, 4) is 0 Å². The topological polar surface area (TPSA) is 35.5 Å². The minimum absolute atomic E-state index is 0.0701. The molecule has 0 rings (SSSR count). The second-order valence-corrected chi connectivity index (χ2v) is 3.02. The van der Waals surface area contributed by atoms with Crippen LogP contribution >= 0.6 is 0 Å². The van der Waals surface area contributed by atoms with Crippen LogP contribution in [0.15, 0.2) is 0 Å². The van der Waals surface area contributed by atoms with E-state index in [0.717, 1.165) is 32.3 Å². The standard InChI is InChI=1S/C10H20O3/c1-3-8-13-10(11)7-5-4-6-9-12-2/h3-9H2,1-2H3. The van der Waals surface area contributed by atoms with Gasteiger partial charge in [0.05, 0.1) is 6.61 Å². The maximum absolute atomic E-state index is 11.0. The Labute approximate surface area is 80.4 Å². The van der Waals surface area contributed by atoms with Gasteiger partial charge in [-0.05, 0) is 19.3 Å². The molecule has 0 saturated heterocycles. The van der Waals surface area contributed by atoms with Crippen molar-refractivity contribution in [3.05, 3.63) is 0 Å². The summed E-state index contributed by atoms with van der Waals surface area (Å²) < 4.78 is 9.83. The van der Waals surface area contributed by atoms with Gasteiger partial charge in [0.1, 0.15) is 0 Å². The average molecular weight is 188 g/mol. The Morgan fingerprint density at radius 2 is 1.92 bits per heavy atom. The van der Waals surface area contributed by atoms with Gasteiger partial charge in [0.2, 0.25) is 0 Å². The first kappa shape index (κ1) is 12.4. The largest absolute Gasteiger partial charge is 0.466 e. The van der Waals surface area contributed by atoms with Gasteiger partial charge in [0.15, 0.2) is 0 Å². The summed E-state index contributed by atoms with van der Waals surface area (Å²) in [5.41, 5.74) is 0. The highest BCUT2D eigenvalue weighted by Crippen LogP contribution is 2.01. The lowest BCUT2D eigenvalue weighted by Crippen LogP contribution is -2.04. The van der Waals surface area contributed by atoms with Crippen LogP contribution in [0.4, 0.5) is 0 Å². The van der Waals surface area contributed by atoms with Gasteiger partial charge in [0.25, 0.3) is 0 Å². The van der Waals surface area contributed by atoms with E-state index in [1.165, 1.54) is 0 Å². The number of ether oxygens (including phenoxy) is 2. The molecular weight excluding hydrogens is 168 g/mol. The molecule has 78 valence electrons. The second kappa shape index (κ2) is 9.52. The zero-order valence-electron chi connectivity index (χ0n) is 8.67. The summed E-state index contributed by atoms with van der Waals surface area (Å²) in [6, 6.07) is 0. The number of esters is 1. The molecule has 0 aromatic heterocycles. The Morgan fingerprint density at radius 3 is 2.54 bits per heavy atom. The maximum Gasteiger partial charge on any atom is 0.305 e. The molecule has 0 aliphatic rings. The highest BCUT2D eigenvalue weighted by Gasteiger charge is 2.00. The third-order valence-electron chi connectivity index (χ3n) is 1.70. The third-order valence-corrected chi connectivity index (χ3v) is 1.70. The van der Waals surface area contributed by atoms with Crippen LogP contribution in [0, 0.1) is 0 Å². The molecule has 0 aliphatic heterocycles. The van der Waals surface area contributed by atoms with Crippen molar-refractivity contribution in [2.75, 3.05) is 20.3 Å². The first-order valence-corrected chi connectivity index (χ1v) is 4.95. The zero-order chi connectivity index (χ0) is 9.94. The quantitative estimate of drug-likeness (QED) is 0.432. The molecule has 13 heavy (non-hydrogen) atoms. The van der Waals surface area contributed by atoms with Crippen molar-refractivity contribution in [2.24, 2.45) is 0 Å². The Balaban J connectivity index is 3.08. The zero-order valence-corrected chi connectivity index (χ0v) is 8.67. The van der Waals surface area contributed by atoms with Crippen molar-refractivity contribution < 1.29 is 14.3 Å². The Bertz CT molecular complexity index is 123. The van der Waals surface area contributed by atoms with E-state index in [2.05, 4.69) is 0 Å². The predicted octanol–water partition coefficient (Wildman–Crippen LogP) is 2.15. The van der Waals surface area contributed by atoms with E-state index in [1.54, 1.807) is 7.11 Å². The fourth-order valence-electron chi connectivity index (χ4n) is 0.981. The highest BCUT2D eigenvalue weighted by molar-refractivity contribution is 5.69. The molecule has 0 radical (unpaired) electrons. The van der Waals surface area contributed by atoms with Crippen LogP contribution in [-0.2, 0) is 14.3 Å². The smallest absolute Gasteiger partial charge is 0.305 e. The Kier molecular flexibility index (Phi) is 9.10. The molecular formula is C10H20O3. The molecule has 0 unspecified atom stereocenters. The van der Waals surface area contributed by atoms with E-state index >= 15 is 0 Å². The molecule has 0 aliphatic carbocycles. The van der Waals surface area contributed by atoms with Crippen LogP contribution in [0.3, 0.4) is 0 Å². The molecule has 0 aromatic carbocycles. The highest BCUT2D eigenvalue weighted by atomic mass is 16.5. The van der Waals surface area contributed by atoms with Crippen LogP contribution < -0.4 is 0 Å². The minimum Gasteiger partial charge on any atom is -0.466 e. The van der Waals surface area contributed by atoms with Gasteiger partial charge < -0.3 is 9.47 Å². The normalized spacial score (nSPS) is 10.0. The van der Waals surface area contributed by atoms with Gasteiger partial charge in [-0.3, -0.25) is 4.79 Å². The lowest BCUT2D eigenvalue weighted by Gasteiger charge is -2.02. The molecule has 0 atom stereocenters. The van der Waals surface area contributed by atoms with Crippen molar-refractivity contribution in [1.82, 2.24) is 0 Å². The van der Waals surface area contributed by atoms with Crippen LogP contribution in [0.1, 0.15) is 39.0 Å². The number of hydrogen-bond acceptors (Lipinski definition) is 3. The first-order chi connectivity index (χ1) is 6.31. The summed E-state index contributed by atoms with van der Waals surface area (Å²) in [5, 5.41) is 0. The summed E-state index contributed by atoms with van der Waals surface area (Å²) >= 11 is 0. The monoisotopic (exact) mass is 188 g/mol. The van der Waals surface area contributed by atoms with Crippen LogP contribution in [-0.4, -0.2) is 26.3 Å². The molecule has 0 heterocycles. The van der Waals surface area contributed by atoms with Crippen molar-refractivity contribution in [3.63, 3.8) is 0 Å². The minimum atomic E-state index is -0.0701. The fourth-order valence-corrected chi connectivity index (χ4v) is 0.981. The van der Waals surface area contributed by atoms with E-state index in [0.29, 0.717) is 13.0 Å². The van der Waals surface area contributed by atoms with Crippen molar-refractivity contribution >= 4 is 5.97 Å². The summed E-state index contributed by atoms with van der Waals surface area (Å²) in [6.07, 6.45) is 4.41. The summed E-state index contributed by atoms with van der Waals surface area (Å²) in [5.74, 6) is -0.0701. The number of carbonyl (C=O) groups excluding carboxylic acids is 1. The van der Waals surface area contributed by atoms with Crippen LogP contribution in [0.2, 0.25) is 0 Å². The SMILES string of the molecule is CCCOC(=O)CCCCCOC. The van der Waals surface area contributed by atoms with Gasteiger partial charge in [-0.1, -0.05) is 13.3 Å². The summed E-state index contributed by atoms with van der Waals surface area (Å²) in [6.45, 7) is 3.33. The van der Waals surface area contributed by atoms with Gasteiger partial charge in [-0.25, -0.2) is 0 Å². The van der Waals surface area contributed by atoms with Gasteiger partial charge in [-0.2, -0.15) is 0 Å². The van der Waals surface area contributed by atoms with Crippen LogP contribution in [0.25, 0.3) is 0 Å². The Hall–Kier alpha value is -0.570. The molecule has 0 fully saturated rings. The van der Waals surface area contributed by atoms with Gasteiger partial charge in [0, 0.05) is 20.1 Å². The van der Waals surface area contributed by atoms with E-state index in [9.17, 15) is 4.79 Å². The second-order valence-electron chi connectivity index (χ2n) is 3.02. The lowest BCUT2D eigenvalue weighted by molar-refractivity contribution is -0.143. The van der Waals surface area contributed by atoms with E-state index in [4.69, 9.17) is 9.47 Å². The van der Waals surface area contributed by atoms with Gasteiger partial charge >= 0.3 is 5.97 Å². The molecule has 0 saturated carbocycles. The summed E-state index contributed by atoms with van der Waals surface area (Å²) in [7, 11) is 1.69.